The molecule has 19 heavy (non-hydrogen) atoms. The highest BCUT2D eigenvalue weighted by Gasteiger charge is 2.21. The first-order chi connectivity index (χ1) is 9.33. The Bertz CT molecular complexity index is 535. The molecular weight excluding hydrogens is 318 g/mol. The van der Waals surface area contributed by atoms with Gasteiger partial charge in [0.2, 0.25) is 0 Å². The Morgan fingerprint density at radius 1 is 1.26 bits per heavy atom. The second-order valence-corrected chi connectivity index (χ2v) is 7.58. The fraction of sp³-hybridized carbons (Fsp3) is 0.375. The lowest BCUT2D eigenvalue weighted by molar-refractivity contribution is 0.467. The first-order valence-electron chi connectivity index (χ1n) is 6.88. The predicted octanol–water partition coefficient (Wildman–Crippen LogP) is 4.72. The first-order valence-corrected chi connectivity index (χ1v) is 8.49. The standard InChI is InChI=1S/C16H18BrNS/c17-16-11-13-14(7-4-8-15(13)19-16)18-10-9-12-5-2-1-3-6-12/h1-3,5-6,11,14,18H,4,7-10H2. The van der Waals surface area contributed by atoms with Crippen LogP contribution in [0.15, 0.2) is 40.2 Å². The average Bonchev–Trinajstić information content (AvgIpc) is 2.81. The fourth-order valence-corrected chi connectivity index (χ4v) is 4.59. The number of hydrogen-bond donors (Lipinski definition) is 1. The van der Waals surface area contributed by atoms with Crippen LogP contribution in [0.2, 0.25) is 0 Å². The van der Waals surface area contributed by atoms with E-state index in [1.165, 1.54) is 34.2 Å². The molecule has 1 nitrogen and oxygen atoms in total. The van der Waals surface area contributed by atoms with Gasteiger partial charge in [-0.15, -0.1) is 11.3 Å². The van der Waals surface area contributed by atoms with E-state index in [0.29, 0.717) is 6.04 Å². The van der Waals surface area contributed by atoms with E-state index in [1.807, 2.05) is 11.3 Å². The van der Waals surface area contributed by atoms with Gasteiger partial charge in [0.1, 0.15) is 0 Å². The normalized spacial score (nSPS) is 18.3. The molecule has 0 bridgehead atoms. The fourth-order valence-electron chi connectivity index (χ4n) is 2.77. The molecule has 1 unspecified atom stereocenters. The lowest BCUT2D eigenvalue weighted by atomic mass is 9.94. The summed E-state index contributed by atoms with van der Waals surface area (Å²) >= 11 is 5.52. The van der Waals surface area contributed by atoms with E-state index in [-0.39, 0.29) is 0 Å². The van der Waals surface area contributed by atoms with E-state index in [0.717, 1.165) is 13.0 Å². The van der Waals surface area contributed by atoms with Crippen LogP contribution in [0.25, 0.3) is 0 Å². The lowest BCUT2D eigenvalue weighted by Crippen LogP contribution is -2.26. The van der Waals surface area contributed by atoms with Gasteiger partial charge in [-0.1, -0.05) is 30.3 Å². The molecule has 0 saturated carbocycles. The molecule has 1 heterocycles. The maximum absolute atomic E-state index is 3.73. The summed E-state index contributed by atoms with van der Waals surface area (Å²) in [6.07, 6.45) is 4.94. The van der Waals surface area contributed by atoms with Crippen LogP contribution >= 0.6 is 27.3 Å². The van der Waals surface area contributed by atoms with Gasteiger partial charge in [0.25, 0.3) is 0 Å². The number of fused-ring (bicyclic) bond motifs is 1. The minimum absolute atomic E-state index is 0.551. The molecule has 0 saturated heterocycles. The smallest absolute Gasteiger partial charge is 0.0704 e. The summed E-state index contributed by atoms with van der Waals surface area (Å²) in [7, 11) is 0. The van der Waals surface area contributed by atoms with Gasteiger partial charge in [0, 0.05) is 10.9 Å². The van der Waals surface area contributed by atoms with Crippen LogP contribution in [0.5, 0.6) is 0 Å². The zero-order valence-electron chi connectivity index (χ0n) is 10.9. The zero-order valence-corrected chi connectivity index (χ0v) is 13.3. The number of nitrogens with one attached hydrogen (secondary N) is 1. The van der Waals surface area contributed by atoms with Crippen molar-refractivity contribution in [2.75, 3.05) is 6.54 Å². The number of halogens is 1. The molecule has 100 valence electrons. The van der Waals surface area contributed by atoms with Gasteiger partial charge in [-0.3, -0.25) is 0 Å². The third kappa shape index (κ3) is 3.28. The van der Waals surface area contributed by atoms with Crippen molar-refractivity contribution in [3.8, 4) is 0 Å². The molecule has 3 heteroatoms. The number of rotatable bonds is 4. The van der Waals surface area contributed by atoms with Gasteiger partial charge in [0.05, 0.1) is 3.79 Å². The highest BCUT2D eigenvalue weighted by Crippen LogP contribution is 2.37. The second-order valence-electron chi connectivity index (χ2n) is 5.06. The summed E-state index contributed by atoms with van der Waals surface area (Å²) in [5.41, 5.74) is 2.94. The van der Waals surface area contributed by atoms with E-state index in [4.69, 9.17) is 0 Å². The van der Waals surface area contributed by atoms with Crippen molar-refractivity contribution in [2.24, 2.45) is 0 Å². The predicted molar refractivity (Wildman–Crippen MR) is 85.8 cm³/mol. The van der Waals surface area contributed by atoms with E-state index in [1.54, 1.807) is 4.88 Å². The maximum Gasteiger partial charge on any atom is 0.0704 e. The quantitative estimate of drug-likeness (QED) is 0.852. The number of benzene rings is 1. The summed E-state index contributed by atoms with van der Waals surface area (Å²) in [6, 6.07) is 13.6. The lowest BCUT2D eigenvalue weighted by Gasteiger charge is -2.23. The van der Waals surface area contributed by atoms with Crippen LogP contribution in [-0.2, 0) is 12.8 Å². The third-order valence-electron chi connectivity index (χ3n) is 3.73. The SMILES string of the molecule is Brc1cc2c(s1)CCCC2NCCc1ccccc1. The van der Waals surface area contributed by atoms with Crippen LogP contribution in [0.3, 0.4) is 0 Å². The summed E-state index contributed by atoms with van der Waals surface area (Å²) in [5, 5.41) is 3.73. The van der Waals surface area contributed by atoms with Crippen molar-refractivity contribution in [1.29, 1.82) is 0 Å². The Kier molecular flexibility index (Phi) is 4.36. The van der Waals surface area contributed by atoms with Gasteiger partial charge in [-0.25, -0.2) is 0 Å². The first kappa shape index (κ1) is 13.3. The summed E-state index contributed by atoms with van der Waals surface area (Å²) < 4.78 is 1.27. The second kappa shape index (κ2) is 6.21. The van der Waals surface area contributed by atoms with Gasteiger partial charge in [-0.2, -0.15) is 0 Å². The molecule has 1 atom stereocenters. The number of hydrogen-bond acceptors (Lipinski definition) is 2. The van der Waals surface area contributed by atoms with Crippen molar-refractivity contribution >= 4 is 27.3 Å². The Morgan fingerprint density at radius 2 is 2.11 bits per heavy atom. The van der Waals surface area contributed by atoms with Gasteiger partial charge < -0.3 is 5.32 Å². The van der Waals surface area contributed by atoms with Gasteiger partial charge in [-0.05, 0) is 65.4 Å². The third-order valence-corrected chi connectivity index (χ3v) is 5.44. The van der Waals surface area contributed by atoms with Crippen molar-refractivity contribution in [3.05, 3.63) is 56.2 Å². The molecule has 1 aromatic carbocycles. The minimum Gasteiger partial charge on any atom is -0.310 e. The van der Waals surface area contributed by atoms with Gasteiger partial charge >= 0.3 is 0 Å². The van der Waals surface area contributed by atoms with E-state index in [9.17, 15) is 0 Å². The molecule has 0 amide bonds. The average molecular weight is 336 g/mol. The van der Waals surface area contributed by atoms with E-state index >= 15 is 0 Å². The highest BCUT2D eigenvalue weighted by atomic mass is 79.9. The van der Waals surface area contributed by atoms with Crippen LogP contribution in [0, 0.1) is 0 Å². The molecule has 1 aliphatic rings. The van der Waals surface area contributed by atoms with Crippen LogP contribution < -0.4 is 5.32 Å². The van der Waals surface area contributed by atoms with E-state index in [2.05, 4.69) is 57.6 Å². The zero-order chi connectivity index (χ0) is 13.1. The van der Waals surface area contributed by atoms with Crippen molar-refractivity contribution < 1.29 is 0 Å². The Hall–Kier alpha value is -0.640. The van der Waals surface area contributed by atoms with E-state index < -0.39 is 0 Å². The topological polar surface area (TPSA) is 12.0 Å². The molecule has 1 N–H and O–H groups in total. The summed E-state index contributed by atoms with van der Waals surface area (Å²) in [6.45, 7) is 1.06. The molecule has 0 radical (unpaired) electrons. The molecular formula is C16H18BrNS. The van der Waals surface area contributed by atoms with Gasteiger partial charge in [0.15, 0.2) is 0 Å². The molecule has 0 spiro atoms. The molecule has 3 rings (SSSR count). The molecule has 0 fully saturated rings. The van der Waals surface area contributed by atoms with Crippen LogP contribution in [0.1, 0.15) is 34.9 Å². The Labute approximate surface area is 127 Å². The van der Waals surface area contributed by atoms with Crippen molar-refractivity contribution in [3.63, 3.8) is 0 Å². The number of thiophene rings is 1. The largest absolute Gasteiger partial charge is 0.310 e. The molecule has 1 aromatic heterocycles. The molecule has 1 aliphatic carbocycles. The van der Waals surface area contributed by atoms with Crippen molar-refractivity contribution in [2.45, 2.75) is 31.7 Å². The molecule has 0 aliphatic heterocycles. The molecule has 2 aromatic rings. The highest BCUT2D eigenvalue weighted by molar-refractivity contribution is 9.11. The summed E-state index contributed by atoms with van der Waals surface area (Å²) in [4.78, 5) is 1.57. The van der Waals surface area contributed by atoms with Crippen molar-refractivity contribution in [1.82, 2.24) is 5.32 Å². The maximum atomic E-state index is 3.73. The minimum atomic E-state index is 0.551. The monoisotopic (exact) mass is 335 g/mol. The van der Waals surface area contributed by atoms with Crippen LogP contribution in [0.4, 0.5) is 0 Å². The number of aryl methyl sites for hydroxylation is 1. The van der Waals surface area contributed by atoms with Crippen LogP contribution in [-0.4, -0.2) is 6.54 Å². The Morgan fingerprint density at radius 3 is 2.95 bits per heavy atom. The Balaban J connectivity index is 1.59. The summed E-state index contributed by atoms with van der Waals surface area (Å²) in [5.74, 6) is 0.